The fraction of sp³-hybridized carbons (Fsp3) is 0.316. The van der Waals surface area contributed by atoms with Crippen molar-refractivity contribution in [1.82, 2.24) is 15.3 Å². The molecule has 1 aliphatic rings. The zero-order chi connectivity index (χ0) is 16.6. The molecule has 2 aromatic rings. The number of carbonyl (C=O) groups is 1. The third kappa shape index (κ3) is 4.41. The highest BCUT2D eigenvalue weighted by Gasteiger charge is 2.15. The number of aromatic nitrogens is 2. The van der Waals surface area contributed by atoms with Crippen LogP contribution in [0.15, 0.2) is 48.8 Å². The van der Waals surface area contributed by atoms with Crippen molar-refractivity contribution in [3.63, 3.8) is 0 Å². The van der Waals surface area contributed by atoms with Crippen molar-refractivity contribution < 1.29 is 4.79 Å². The molecule has 0 aliphatic carbocycles. The zero-order valence-corrected chi connectivity index (χ0v) is 13.7. The third-order valence-electron chi connectivity index (χ3n) is 4.07. The van der Waals surface area contributed by atoms with E-state index in [0.29, 0.717) is 6.54 Å². The molecular weight excluding hydrogens is 300 g/mol. The van der Waals surface area contributed by atoms with Gasteiger partial charge in [-0.1, -0.05) is 12.1 Å². The van der Waals surface area contributed by atoms with Crippen LogP contribution in [-0.4, -0.2) is 29.0 Å². The molecule has 3 heterocycles. The van der Waals surface area contributed by atoms with E-state index in [9.17, 15) is 4.79 Å². The van der Waals surface area contributed by atoms with Crippen LogP contribution < -0.4 is 10.2 Å². The lowest BCUT2D eigenvalue weighted by Crippen LogP contribution is -2.32. The van der Waals surface area contributed by atoms with Crippen molar-refractivity contribution in [2.24, 2.45) is 0 Å². The monoisotopic (exact) mass is 322 g/mol. The number of nitrogens with zero attached hydrogens (tertiary/aromatic N) is 3. The maximum absolute atomic E-state index is 12.0. The van der Waals surface area contributed by atoms with Crippen molar-refractivity contribution >= 4 is 17.8 Å². The highest BCUT2D eigenvalue weighted by molar-refractivity contribution is 5.91. The molecule has 0 spiro atoms. The van der Waals surface area contributed by atoms with Crippen molar-refractivity contribution in [2.75, 3.05) is 18.0 Å². The number of anilines is 1. The van der Waals surface area contributed by atoms with Gasteiger partial charge < -0.3 is 10.2 Å². The summed E-state index contributed by atoms with van der Waals surface area (Å²) in [5.41, 5.74) is 1.82. The van der Waals surface area contributed by atoms with E-state index in [1.165, 1.54) is 25.3 Å². The Morgan fingerprint density at radius 1 is 1.08 bits per heavy atom. The van der Waals surface area contributed by atoms with E-state index in [1.54, 1.807) is 12.3 Å². The van der Waals surface area contributed by atoms with Gasteiger partial charge in [0.25, 0.3) is 0 Å². The van der Waals surface area contributed by atoms with Crippen LogP contribution in [0.4, 0.5) is 5.82 Å². The van der Waals surface area contributed by atoms with Crippen LogP contribution >= 0.6 is 0 Å². The molecule has 1 amide bonds. The van der Waals surface area contributed by atoms with Gasteiger partial charge in [0.1, 0.15) is 5.82 Å². The van der Waals surface area contributed by atoms with E-state index in [1.807, 2.05) is 36.5 Å². The Bertz CT molecular complexity index is 694. The number of carbonyl (C=O) groups excluding carboxylic acids is 1. The summed E-state index contributed by atoms with van der Waals surface area (Å²) in [5.74, 6) is 0.861. The van der Waals surface area contributed by atoms with Crippen molar-refractivity contribution in [2.45, 2.75) is 25.8 Å². The second-order valence-corrected chi connectivity index (χ2v) is 5.84. The van der Waals surface area contributed by atoms with Gasteiger partial charge in [0, 0.05) is 43.7 Å². The lowest BCUT2D eigenvalue weighted by Gasteiger charge is -2.29. The molecule has 1 saturated heterocycles. The van der Waals surface area contributed by atoms with Crippen LogP contribution in [-0.2, 0) is 11.3 Å². The first-order chi connectivity index (χ1) is 11.8. The molecule has 0 atom stereocenters. The predicted octanol–water partition coefficient (Wildman–Crippen LogP) is 2.80. The van der Waals surface area contributed by atoms with Crippen LogP contribution in [0.1, 0.15) is 30.5 Å². The highest BCUT2D eigenvalue weighted by atomic mass is 16.1. The molecular formula is C19H22N4O. The number of pyridine rings is 2. The van der Waals surface area contributed by atoms with Crippen LogP contribution in [0.5, 0.6) is 0 Å². The first-order valence-electron chi connectivity index (χ1n) is 8.39. The predicted molar refractivity (Wildman–Crippen MR) is 95.4 cm³/mol. The van der Waals surface area contributed by atoms with Gasteiger partial charge in [-0.3, -0.25) is 9.78 Å². The molecule has 5 nitrogen and oxygen atoms in total. The van der Waals surface area contributed by atoms with Gasteiger partial charge in [-0.05, 0) is 43.5 Å². The normalized spacial score (nSPS) is 14.8. The number of piperidine rings is 1. The summed E-state index contributed by atoms with van der Waals surface area (Å²) in [5, 5.41) is 2.93. The van der Waals surface area contributed by atoms with Gasteiger partial charge in [0.05, 0.1) is 5.69 Å². The van der Waals surface area contributed by atoms with E-state index < -0.39 is 0 Å². The Balaban J connectivity index is 1.60. The maximum Gasteiger partial charge on any atom is 0.244 e. The summed E-state index contributed by atoms with van der Waals surface area (Å²) in [6, 6.07) is 9.55. The molecule has 0 aromatic carbocycles. The second-order valence-electron chi connectivity index (χ2n) is 5.84. The summed E-state index contributed by atoms with van der Waals surface area (Å²) in [7, 11) is 0. The van der Waals surface area contributed by atoms with Gasteiger partial charge in [-0.15, -0.1) is 0 Å². The molecule has 0 radical (unpaired) electrons. The SMILES string of the molecule is O=C(C=Cc1ccccn1)NCc1cccnc1N1CCCCC1. The summed E-state index contributed by atoms with van der Waals surface area (Å²) in [6.45, 7) is 2.56. The fourth-order valence-corrected chi connectivity index (χ4v) is 2.84. The number of rotatable bonds is 5. The van der Waals surface area contributed by atoms with Crippen LogP contribution in [0.2, 0.25) is 0 Å². The Morgan fingerprint density at radius 2 is 1.92 bits per heavy atom. The number of amides is 1. The zero-order valence-electron chi connectivity index (χ0n) is 13.7. The maximum atomic E-state index is 12.0. The minimum absolute atomic E-state index is 0.130. The summed E-state index contributed by atoms with van der Waals surface area (Å²) in [4.78, 5) is 23.0. The summed E-state index contributed by atoms with van der Waals surface area (Å²) < 4.78 is 0. The Kier molecular flexibility index (Phi) is 5.56. The standard InChI is InChI=1S/C19H22N4O/c24-18(10-9-17-8-2-3-11-20-17)22-15-16-7-6-12-21-19(16)23-13-4-1-5-14-23/h2-3,6-12H,1,4-5,13-15H2,(H,22,24). The number of nitrogens with one attached hydrogen (secondary N) is 1. The van der Waals surface area contributed by atoms with Gasteiger partial charge >= 0.3 is 0 Å². The number of hydrogen-bond donors (Lipinski definition) is 1. The number of hydrogen-bond acceptors (Lipinski definition) is 4. The molecule has 5 heteroatoms. The molecule has 1 N–H and O–H groups in total. The molecule has 0 unspecified atom stereocenters. The molecule has 0 bridgehead atoms. The van der Waals surface area contributed by atoms with E-state index in [2.05, 4.69) is 20.2 Å². The molecule has 1 aliphatic heterocycles. The van der Waals surface area contributed by atoms with Crippen molar-refractivity contribution in [3.05, 3.63) is 60.1 Å². The largest absolute Gasteiger partial charge is 0.356 e. The molecule has 2 aromatic heterocycles. The molecule has 0 saturated carbocycles. The van der Waals surface area contributed by atoms with E-state index in [4.69, 9.17) is 0 Å². The Morgan fingerprint density at radius 3 is 2.71 bits per heavy atom. The highest BCUT2D eigenvalue weighted by Crippen LogP contribution is 2.21. The van der Waals surface area contributed by atoms with Crippen molar-refractivity contribution in [3.8, 4) is 0 Å². The minimum atomic E-state index is -0.130. The van der Waals surface area contributed by atoms with Gasteiger partial charge in [-0.2, -0.15) is 0 Å². The molecule has 124 valence electrons. The first-order valence-corrected chi connectivity index (χ1v) is 8.39. The average Bonchev–Trinajstić information content (AvgIpc) is 2.66. The van der Waals surface area contributed by atoms with Crippen LogP contribution in [0.3, 0.4) is 0 Å². The van der Waals surface area contributed by atoms with Crippen molar-refractivity contribution in [1.29, 1.82) is 0 Å². The second kappa shape index (κ2) is 8.24. The lowest BCUT2D eigenvalue weighted by molar-refractivity contribution is -0.116. The third-order valence-corrected chi connectivity index (χ3v) is 4.07. The minimum Gasteiger partial charge on any atom is -0.356 e. The smallest absolute Gasteiger partial charge is 0.244 e. The van der Waals surface area contributed by atoms with E-state index in [-0.39, 0.29) is 5.91 Å². The quantitative estimate of drug-likeness (QED) is 0.860. The fourth-order valence-electron chi connectivity index (χ4n) is 2.84. The molecule has 1 fully saturated rings. The van der Waals surface area contributed by atoms with Gasteiger partial charge in [-0.25, -0.2) is 4.98 Å². The topological polar surface area (TPSA) is 58.1 Å². The average molecular weight is 322 g/mol. The Hall–Kier alpha value is -2.69. The van der Waals surface area contributed by atoms with E-state index >= 15 is 0 Å². The lowest BCUT2D eigenvalue weighted by atomic mass is 10.1. The Labute approximate surface area is 142 Å². The first kappa shape index (κ1) is 16.2. The van der Waals surface area contributed by atoms with Gasteiger partial charge in [0.15, 0.2) is 0 Å². The molecule has 3 rings (SSSR count). The van der Waals surface area contributed by atoms with E-state index in [0.717, 1.165) is 30.2 Å². The van der Waals surface area contributed by atoms with Gasteiger partial charge in [0.2, 0.25) is 5.91 Å². The molecule has 24 heavy (non-hydrogen) atoms. The summed E-state index contributed by atoms with van der Waals surface area (Å²) >= 11 is 0. The van der Waals surface area contributed by atoms with Crippen LogP contribution in [0.25, 0.3) is 6.08 Å². The van der Waals surface area contributed by atoms with Crippen LogP contribution in [0, 0.1) is 0 Å². The summed E-state index contributed by atoms with van der Waals surface area (Å²) in [6.07, 6.45) is 10.4.